The lowest BCUT2D eigenvalue weighted by Crippen LogP contribution is -2.36. The van der Waals surface area contributed by atoms with Crippen LogP contribution in [-0.2, 0) is 14.3 Å². The molecule has 0 atom stereocenters. The summed E-state index contributed by atoms with van der Waals surface area (Å²) in [6.45, 7) is 2.92. The molecule has 0 aromatic carbocycles. The molecule has 0 bridgehead atoms. The van der Waals surface area contributed by atoms with Crippen LogP contribution in [0.25, 0.3) is 0 Å². The van der Waals surface area contributed by atoms with Gasteiger partial charge in [0.05, 0.1) is 20.1 Å². The van der Waals surface area contributed by atoms with Crippen molar-refractivity contribution < 1.29 is 19.1 Å². The summed E-state index contributed by atoms with van der Waals surface area (Å²) >= 11 is 0. The van der Waals surface area contributed by atoms with Crippen LogP contribution in [0.2, 0.25) is 0 Å². The minimum atomic E-state index is -0.349. The first-order valence-electron chi connectivity index (χ1n) is 6.36. The first-order chi connectivity index (χ1) is 9.60. The molecule has 20 heavy (non-hydrogen) atoms. The topological polar surface area (TPSA) is 68.7 Å². The number of hydrogen-bond acceptors (Lipinski definition) is 5. The van der Waals surface area contributed by atoms with E-state index in [1.807, 2.05) is 13.0 Å². The van der Waals surface area contributed by atoms with E-state index in [9.17, 15) is 9.59 Å². The van der Waals surface area contributed by atoms with Crippen LogP contribution in [0.3, 0.4) is 0 Å². The van der Waals surface area contributed by atoms with Crippen molar-refractivity contribution >= 4 is 11.9 Å². The van der Waals surface area contributed by atoms with E-state index in [2.05, 4.69) is 9.72 Å². The van der Waals surface area contributed by atoms with Crippen molar-refractivity contribution in [1.82, 2.24) is 9.88 Å². The SMILES string of the molecule is COCCN(CCC(=O)OC)C(=O)c1ncccc1C. The number of aryl methyl sites for hydroxylation is 1. The standard InChI is InChI=1S/C14H20N2O4/c1-11-5-4-7-15-13(11)14(18)16(9-10-19-2)8-6-12(17)20-3/h4-5,7H,6,8-10H2,1-3H3. The number of aromatic nitrogens is 1. The maximum Gasteiger partial charge on any atom is 0.307 e. The van der Waals surface area contributed by atoms with Gasteiger partial charge in [0.2, 0.25) is 0 Å². The number of hydrogen-bond donors (Lipinski definition) is 0. The summed E-state index contributed by atoms with van der Waals surface area (Å²) < 4.78 is 9.58. The quantitative estimate of drug-likeness (QED) is 0.698. The van der Waals surface area contributed by atoms with Gasteiger partial charge < -0.3 is 14.4 Å². The number of pyridine rings is 1. The van der Waals surface area contributed by atoms with Crippen molar-refractivity contribution in [2.24, 2.45) is 0 Å². The van der Waals surface area contributed by atoms with Gasteiger partial charge in [-0.15, -0.1) is 0 Å². The third-order valence-electron chi connectivity index (χ3n) is 2.88. The molecule has 0 saturated carbocycles. The van der Waals surface area contributed by atoms with Gasteiger partial charge >= 0.3 is 5.97 Å². The van der Waals surface area contributed by atoms with E-state index < -0.39 is 0 Å². The zero-order chi connectivity index (χ0) is 15.0. The van der Waals surface area contributed by atoms with E-state index >= 15 is 0 Å². The van der Waals surface area contributed by atoms with Crippen LogP contribution in [0, 0.1) is 6.92 Å². The van der Waals surface area contributed by atoms with Crippen LogP contribution in [0.15, 0.2) is 18.3 Å². The number of carbonyl (C=O) groups is 2. The summed E-state index contributed by atoms with van der Waals surface area (Å²) in [4.78, 5) is 29.3. The van der Waals surface area contributed by atoms with Crippen LogP contribution in [-0.4, -0.2) is 55.7 Å². The smallest absolute Gasteiger partial charge is 0.307 e. The number of esters is 1. The Morgan fingerprint density at radius 2 is 2.05 bits per heavy atom. The molecule has 0 radical (unpaired) electrons. The highest BCUT2D eigenvalue weighted by Gasteiger charge is 2.19. The van der Waals surface area contributed by atoms with Crippen molar-refractivity contribution in [3.05, 3.63) is 29.6 Å². The minimum absolute atomic E-state index is 0.151. The van der Waals surface area contributed by atoms with Gasteiger partial charge in [-0.2, -0.15) is 0 Å². The van der Waals surface area contributed by atoms with Gasteiger partial charge in [0.25, 0.3) is 5.91 Å². The largest absolute Gasteiger partial charge is 0.469 e. The Kier molecular flexibility index (Phi) is 6.66. The third kappa shape index (κ3) is 4.62. The predicted molar refractivity (Wildman–Crippen MR) is 73.4 cm³/mol. The molecular formula is C14H20N2O4. The number of methoxy groups -OCH3 is 2. The normalized spacial score (nSPS) is 10.2. The van der Waals surface area contributed by atoms with Gasteiger partial charge in [-0.05, 0) is 18.6 Å². The maximum atomic E-state index is 12.4. The number of ether oxygens (including phenoxy) is 2. The molecule has 0 fully saturated rings. The van der Waals surface area contributed by atoms with E-state index in [-0.39, 0.29) is 24.8 Å². The highest BCUT2D eigenvalue weighted by Crippen LogP contribution is 2.08. The summed E-state index contributed by atoms with van der Waals surface area (Å²) in [6.07, 6.45) is 1.73. The van der Waals surface area contributed by atoms with Crippen molar-refractivity contribution in [1.29, 1.82) is 0 Å². The van der Waals surface area contributed by atoms with Crippen LogP contribution in [0.4, 0.5) is 0 Å². The summed E-state index contributed by atoms with van der Waals surface area (Å²) in [5.74, 6) is -0.554. The summed E-state index contributed by atoms with van der Waals surface area (Å²) in [6, 6.07) is 3.61. The molecule has 0 aliphatic heterocycles. The Morgan fingerprint density at radius 1 is 1.30 bits per heavy atom. The second-order valence-corrected chi connectivity index (χ2v) is 4.28. The van der Waals surface area contributed by atoms with Gasteiger partial charge in [-0.3, -0.25) is 14.6 Å². The second-order valence-electron chi connectivity index (χ2n) is 4.28. The maximum absolute atomic E-state index is 12.4. The lowest BCUT2D eigenvalue weighted by Gasteiger charge is -2.22. The van der Waals surface area contributed by atoms with Crippen LogP contribution < -0.4 is 0 Å². The van der Waals surface area contributed by atoms with E-state index in [4.69, 9.17) is 4.74 Å². The predicted octanol–water partition coefficient (Wildman–Crippen LogP) is 1.04. The fourth-order valence-electron chi connectivity index (χ4n) is 1.70. The fraction of sp³-hybridized carbons (Fsp3) is 0.500. The minimum Gasteiger partial charge on any atom is -0.469 e. The molecular weight excluding hydrogens is 260 g/mol. The number of amides is 1. The van der Waals surface area contributed by atoms with Crippen LogP contribution in [0.1, 0.15) is 22.5 Å². The van der Waals surface area contributed by atoms with Crippen molar-refractivity contribution in [3.63, 3.8) is 0 Å². The molecule has 0 spiro atoms. The van der Waals surface area contributed by atoms with E-state index in [1.165, 1.54) is 7.11 Å². The number of rotatable bonds is 7. The first-order valence-corrected chi connectivity index (χ1v) is 6.36. The van der Waals surface area contributed by atoms with Gasteiger partial charge in [-0.1, -0.05) is 6.07 Å². The number of nitrogens with zero attached hydrogens (tertiary/aromatic N) is 2. The zero-order valence-electron chi connectivity index (χ0n) is 12.1. The van der Waals surface area contributed by atoms with Gasteiger partial charge in [0.15, 0.2) is 0 Å². The average Bonchev–Trinajstić information content (AvgIpc) is 2.47. The zero-order valence-corrected chi connectivity index (χ0v) is 12.1. The first kappa shape index (κ1) is 16.1. The Hall–Kier alpha value is -1.95. The number of carbonyl (C=O) groups excluding carboxylic acids is 2. The third-order valence-corrected chi connectivity index (χ3v) is 2.88. The molecule has 0 aliphatic rings. The Morgan fingerprint density at radius 3 is 2.65 bits per heavy atom. The van der Waals surface area contributed by atoms with Crippen LogP contribution >= 0.6 is 0 Å². The fourth-order valence-corrected chi connectivity index (χ4v) is 1.70. The average molecular weight is 280 g/mol. The summed E-state index contributed by atoms with van der Waals surface area (Å²) in [5, 5.41) is 0. The van der Waals surface area contributed by atoms with Gasteiger partial charge in [0, 0.05) is 26.4 Å². The lowest BCUT2D eigenvalue weighted by molar-refractivity contribution is -0.140. The van der Waals surface area contributed by atoms with Crippen molar-refractivity contribution in [3.8, 4) is 0 Å². The Balaban J connectivity index is 2.78. The van der Waals surface area contributed by atoms with Crippen LogP contribution in [0.5, 0.6) is 0 Å². The summed E-state index contributed by atoms with van der Waals surface area (Å²) in [5.41, 5.74) is 1.20. The Bertz CT molecular complexity index is 462. The molecule has 0 saturated heterocycles. The highest BCUT2D eigenvalue weighted by atomic mass is 16.5. The molecule has 1 aromatic rings. The molecule has 1 aromatic heterocycles. The second kappa shape index (κ2) is 8.27. The highest BCUT2D eigenvalue weighted by molar-refractivity contribution is 5.93. The van der Waals surface area contributed by atoms with Crippen molar-refractivity contribution in [2.45, 2.75) is 13.3 Å². The van der Waals surface area contributed by atoms with Gasteiger partial charge in [0.1, 0.15) is 5.69 Å². The van der Waals surface area contributed by atoms with Gasteiger partial charge in [-0.25, -0.2) is 0 Å². The van der Waals surface area contributed by atoms with E-state index in [0.29, 0.717) is 18.8 Å². The molecule has 1 rings (SSSR count). The molecule has 110 valence electrons. The Labute approximate surface area is 118 Å². The van der Waals surface area contributed by atoms with E-state index in [1.54, 1.807) is 24.3 Å². The molecule has 6 heteroatoms. The monoisotopic (exact) mass is 280 g/mol. The molecule has 1 amide bonds. The summed E-state index contributed by atoms with van der Waals surface area (Å²) in [7, 11) is 2.89. The lowest BCUT2D eigenvalue weighted by atomic mass is 10.2. The molecule has 0 aliphatic carbocycles. The molecule has 6 nitrogen and oxygen atoms in total. The molecule has 0 N–H and O–H groups in total. The molecule has 1 heterocycles. The van der Waals surface area contributed by atoms with Crippen molar-refractivity contribution in [2.75, 3.05) is 33.9 Å². The molecule has 0 unspecified atom stereocenters. The van der Waals surface area contributed by atoms with E-state index in [0.717, 1.165) is 5.56 Å².